The first-order valence-electron chi connectivity index (χ1n) is 5.38. The van der Waals surface area contributed by atoms with Crippen LogP contribution in [0.15, 0.2) is 22.6 Å². The predicted octanol–water partition coefficient (Wildman–Crippen LogP) is 3.96. The van der Waals surface area contributed by atoms with Crippen LogP contribution in [0.5, 0.6) is 0 Å². The fourth-order valence-electron chi connectivity index (χ4n) is 1.66. The van der Waals surface area contributed by atoms with E-state index in [2.05, 4.69) is 0 Å². The maximum absolute atomic E-state index is 11.8. The Kier molecular flexibility index (Phi) is 3.11. The largest absolute Gasteiger partial charge is 0.457 e. The highest BCUT2D eigenvalue weighted by Crippen LogP contribution is 2.28. The average Bonchev–Trinajstić information content (AvgIpc) is 2.55. The molecule has 1 heterocycles. The number of aryl methyl sites for hydroxylation is 1. The minimum absolute atomic E-state index is 0.168. The minimum Gasteiger partial charge on any atom is -0.457 e. The van der Waals surface area contributed by atoms with E-state index in [1.54, 1.807) is 32.0 Å². The van der Waals surface area contributed by atoms with Gasteiger partial charge in [-0.1, -0.05) is 11.6 Å². The van der Waals surface area contributed by atoms with Crippen LogP contribution in [0, 0.1) is 6.92 Å². The molecule has 0 unspecified atom stereocenters. The van der Waals surface area contributed by atoms with Crippen LogP contribution in [0.2, 0.25) is 5.02 Å². The predicted molar refractivity (Wildman–Crippen MR) is 66.5 cm³/mol. The highest BCUT2D eigenvalue weighted by atomic mass is 35.5. The van der Waals surface area contributed by atoms with E-state index >= 15 is 0 Å². The van der Waals surface area contributed by atoms with Crippen molar-refractivity contribution in [2.24, 2.45) is 0 Å². The molecule has 1 aromatic carbocycles. The summed E-state index contributed by atoms with van der Waals surface area (Å²) >= 11 is 5.91. The van der Waals surface area contributed by atoms with Gasteiger partial charge in [0.1, 0.15) is 5.58 Å². The lowest BCUT2D eigenvalue weighted by molar-refractivity contribution is 0.0343. The first-order chi connectivity index (χ1) is 7.99. The third kappa shape index (κ3) is 2.29. The summed E-state index contributed by atoms with van der Waals surface area (Å²) < 4.78 is 10.6. The number of carbonyl (C=O) groups is 1. The molecule has 2 aromatic rings. The average molecular weight is 253 g/mol. The van der Waals surface area contributed by atoms with Crippen LogP contribution in [0.25, 0.3) is 11.0 Å². The van der Waals surface area contributed by atoms with Crippen LogP contribution < -0.4 is 0 Å². The number of esters is 1. The molecule has 0 radical (unpaired) electrons. The molecular formula is C13H13ClO3. The maximum Gasteiger partial charge on any atom is 0.374 e. The Bertz CT molecular complexity index is 569. The zero-order valence-corrected chi connectivity index (χ0v) is 10.7. The monoisotopic (exact) mass is 252 g/mol. The van der Waals surface area contributed by atoms with Crippen molar-refractivity contribution in [1.82, 2.24) is 0 Å². The topological polar surface area (TPSA) is 39.4 Å². The van der Waals surface area contributed by atoms with E-state index in [4.69, 9.17) is 20.8 Å². The second-order valence-electron chi connectivity index (χ2n) is 4.15. The molecule has 2 rings (SSSR count). The summed E-state index contributed by atoms with van der Waals surface area (Å²) in [5, 5.41) is 1.46. The molecule has 0 fully saturated rings. The summed E-state index contributed by atoms with van der Waals surface area (Å²) in [4.78, 5) is 11.8. The van der Waals surface area contributed by atoms with Gasteiger partial charge in [-0.25, -0.2) is 4.79 Å². The molecule has 0 atom stereocenters. The summed E-state index contributed by atoms with van der Waals surface area (Å²) in [6.07, 6.45) is -0.168. The maximum atomic E-state index is 11.8. The quantitative estimate of drug-likeness (QED) is 0.760. The SMILES string of the molecule is Cc1c(C(=O)OC(C)C)oc2ccc(Cl)cc12. The number of hydrogen-bond acceptors (Lipinski definition) is 3. The second kappa shape index (κ2) is 4.41. The van der Waals surface area contributed by atoms with Gasteiger partial charge < -0.3 is 9.15 Å². The molecule has 0 saturated carbocycles. The van der Waals surface area contributed by atoms with Gasteiger partial charge in [-0.15, -0.1) is 0 Å². The van der Waals surface area contributed by atoms with Crippen molar-refractivity contribution in [3.63, 3.8) is 0 Å². The van der Waals surface area contributed by atoms with Crippen molar-refractivity contribution in [2.45, 2.75) is 26.9 Å². The molecule has 0 aliphatic heterocycles. The van der Waals surface area contributed by atoms with E-state index in [0.29, 0.717) is 10.6 Å². The van der Waals surface area contributed by atoms with Crippen molar-refractivity contribution >= 4 is 28.5 Å². The van der Waals surface area contributed by atoms with Gasteiger partial charge in [-0.2, -0.15) is 0 Å². The molecule has 0 N–H and O–H groups in total. The third-order valence-electron chi connectivity index (χ3n) is 2.43. The van der Waals surface area contributed by atoms with E-state index < -0.39 is 5.97 Å². The van der Waals surface area contributed by atoms with Gasteiger partial charge in [0, 0.05) is 16.0 Å². The summed E-state index contributed by atoms with van der Waals surface area (Å²) in [5.41, 5.74) is 1.40. The van der Waals surface area contributed by atoms with E-state index in [-0.39, 0.29) is 11.9 Å². The van der Waals surface area contributed by atoms with Crippen molar-refractivity contribution in [3.8, 4) is 0 Å². The summed E-state index contributed by atoms with van der Waals surface area (Å²) in [7, 11) is 0. The van der Waals surface area contributed by atoms with Crippen LogP contribution in [-0.2, 0) is 4.74 Å². The van der Waals surface area contributed by atoms with Crippen LogP contribution in [0.4, 0.5) is 0 Å². The number of hydrogen-bond donors (Lipinski definition) is 0. The number of furan rings is 1. The van der Waals surface area contributed by atoms with Gasteiger partial charge in [0.05, 0.1) is 6.10 Å². The van der Waals surface area contributed by atoms with Crippen molar-refractivity contribution in [1.29, 1.82) is 0 Å². The Hall–Kier alpha value is -1.48. The Morgan fingerprint density at radius 1 is 1.41 bits per heavy atom. The van der Waals surface area contributed by atoms with Crippen LogP contribution >= 0.6 is 11.6 Å². The van der Waals surface area contributed by atoms with Crippen molar-refractivity contribution < 1.29 is 13.9 Å². The minimum atomic E-state index is -0.440. The number of ether oxygens (including phenoxy) is 1. The molecule has 0 aliphatic carbocycles. The van der Waals surface area contributed by atoms with Gasteiger partial charge in [0.15, 0.2) is 0 Å². The standard InChI is InChI=1S/C13H13ClO3/c1-7(2)16-13(15)12-8(3)10-6-9(14)4-5-11(10)17-12/h4-7H,1-3H3. The fraction of sp³-hybridized carbons (Fsp3) is 0.308. The normalized spacial score (nSPS) is 11.1. The first-order valence-corrected chi connectivity index (χ1v) is 5.76. The molecule has 0 amide bonds. The summed E-state index contributed by atoms with van der Waals surface area (Å²) in [6.45, 7) is 5.42. The van der Waals surface area contributed by atoms with Gasteiger partial charge in [-0.3, -0.25) is 0 Å². The number of halogens is 1. The van der Waals surface area contributed by atoms with Crippen LogP contribution in [-0.4, -0.2) is 12.1 Å². The molecule has 4 heteroatoms. The van der Waals surface area contributed by atoms with Crippen molar-refractivity contribution in [3.05, 3.63) is 34.5 Å². The van der Waals surface area contributed by atoms with Crippen LogP contribution in [0.1, 0.15) is 30.0 Å². The molecule has 90 valence electrons. The number of carbonyl (C=O) groups excluding carboxylic acids is 1. The van der Waals surface area contributed by atoms with E-state index in [0.717, 1.165) is 10.9 Å². The molecule has 3 nitrogen and oxygen atoms in total. The highest BCUT2D eigenvalue weighted by molar-refractivity contribution is 6.31. The fourth-order valence-corrected chi connectivity index (χ4v) is 1.83. The van der Waals surface area contributed by atoms with Gasteiger partial charge in [0.2, 0.25) is 5.76 Å². The lowest BCUT2D eigenvalue weighted by Crippen LogP contribution is -2.11. The number of benzene rings is 1. The zero-order valence-electron chi connectivity index (χ0n) is 9.91. The molecule has 0 saturated heterocycles. The summed E-state index contributed by atoms with van der Waals surface area (Å²) in [5.74, 6) is -0.194. The zero-order chi connectivity index (χ0) is 12.6. The number of rotatable bonds is 2. The van der Waals surface area contributed by atoms with Gasteiger partial charge in [-0.05, 0) is 39.0 Å². The molecule has 0 spiro atoms. The Morgan fingerprint density at radius 2 is 2.12 bits per heavy atom. The molecular weight excluding hydrogens is 240 g/mol. The third-order valence-corrected chi connectivity index (χ3v) is 2.66. The molecule has 0 aliphatic rings. The lowest BCUT2D eigenvalue weighted by atomic mass is 10.1. The van der Waals surface area contributed by atoms with Gasteiger partial charge >= 0.3 is 5.97 Å². The van der Waals surface area contributed by atoms with E-state index in [9.17, 15) is 4.79 Å². The molecule has 17 heavy (non-hydrogen) atoms. The highest BCUT2D eigenvalue weighted by Gasteiger charge is 2.19. The molecule has 0 bridgehead atoms. The van der Waals surface area contributed by atoms with Crippen molar-refractivity contribution in [2.75, 3.05) is 0 Å². The second-order valence-corrected chi connectivity index (χ2v) is 4.59. The Morgan fingerprint density at radius 3 is 2.76 bits per heavy atom. The Labute approximate surface area is 104 Å². The van der Waals surface area contributed by atoms with E-state index in [1.807, 2.05) is 6.92 Å². The van der Waals surface area contributed by atoms with E-state index in [1.165, 1.54) is 0 Å². The number of fused-ring (bicyclic) bond motifs is 1. The Balaban J connectivity index is 2.49. The van der Waals surface area contributed by atoms with Gasteiger partial charge in [0.25, 0.3) is 0 Å². The van der Waals surface area contributed by atoms with Crippen LogP contribution in [0.3, 0.4) is 0 Å². The first kappa shape index (κ1) is 12.0. The lowest BCUT2D eigenvalue weighted by Gasteiger charge is -2.05. The molecule has 1 aromatic heterocycles. The smallest absolute Gasteiger partial charge is 0.374 e. The summed E-state index contributed by atoms with van der Waals surface area (Å²) in [6, 6.07) is 5.25.